The van der Waals surface area contributed by atoms with Crippen LogP contribution in [0, 0.1) is 0 Å². The number of hydrogen-bond acceptors (Lipinski definition) is 5. The Balaban J connectivity index is 2.16. The second-order valence-electron chi connectivity index (χ2n) is 2.78. The van der Waals surface area contributed by atoms with Crippen LogP contribution in [0.3, 0.4) is 0 Å². The van der Waals surface area contributed by atoms with Gasteiger partial charge in [0.25, 0.3) is 0 Å². The van der Waals surface area contributed by atoms with Crippen molar-refractivity contribution in [2.75, 3.05) is 18.6 Å². The van der Waals surface area contributed by atoms with E-state index >= 15 is 0 Å². The molecule has 2 rings (SSSR count). The van der Waals surface area contributed by atoms with E-state index in [4.69, 9.17) is 5.53 Å². The summed E-state index contributed by atoms with van der Waals surface area (Å²) in [6.07, 6.45) is 4.04. The third kappa shape index (κ3) is 2.30. The van der Waals surface area contributed by atoms with Crippen LogP contribution < -0.4 is 0 Å². The summed E-state index contributed by atoms with van der Waals surface area (Å²) in [5.74, 6) is 0.766. The average Bonchev–Trinajstić information content (AvgIpc) is 2.87. The lowest BCUT2D eigenvalue weighted by Gasteiger charge is -1.91. The van der Waals surface area contributed by atoms with Crippen molar-refractivity contribution in [2.24, 2.45) is 5.11 Å². The molecule has 0 unspecified atom stereocenters. The first-order valence-electron chi connectivity index (χ1n) is 4.50. The van der Waals surface area contributed by atoms with Crippen LogP contribution in [-0.2, 0) is 0 Å². The number of nitrogens with zero attached hydrogens (tertiary/aromatic N) is 5. The maximum Gasteiger partial charge on any atom is 0.174 e. The van der Waals surface area contributed by atoms with Gasteiger partial charge in [0.05, 0.1) is 0 Å². The first kappa shape index (κ1) is 11.7. The molecule has 0 amide bonds. The zero-order valence-electron chi connectivity index (χ0n) is 8.53. The number of aromatic nitrogens is 2. The van der Waals surface area contributed by atoms with Crippen molar-refractivity contribution in [2.45, 2.75) is 10.2 Å². The Hall–Kier alpha value is -0.820. The van der Waals surface area contributed by atoms with Gasteiger partial charge < -0.3 is 0 Å². The van der Waals surface area contributed by atoms with Gasteiger partial charge in [0.15, 0.2) is 5.16 Å². The summed E-state index contributed by atoms with van der Waals surface area (Å²) in [6, 6.07) is 0. The van der Waals surface area contributed by atoms with Crippen molar-refractivity contribution in [1.29, 1.82) is 0 Å². The number of rotatable bonds is 5. The van der Waals surface area contributed by atoms with Crippen LogP contribution >= 0.6 is 34.9 Å². The fourth-order valence-corrected chi connectivity index (χ4v) is 3.66. The first-order valence-corrected chi connectivity index (χ1v) is 7.59. The summed E-state index contributed by atoms with van der Waals surface area (Å²) in [5.41, 5.74) is 8.17. The van der Waals surface area contributed by atoms with Gasteiger partial charge in [-0.3, -0.25) is 4.40 Å². The molecule has 0 aliphatic heterocycles. The first-order chi connectivity index (χ1) is 7.86. The van der Waals surface area contributed by atoms with E-state index in [1.807, 2.05) is 17.8 Å². The Morgan fingerprint density at radius 1 is 1.69 bits per heavy atom. The highest BCUT2D eigenvalue weighted by molar-refractivity contribution is 8.00. The minimum atomic E-state index is 0.500. The quantitative estimate of drug-likeness (QED) is 0.275. The molecule has 84 valence electrons. The van der Waals surface area contributed by atoms with Crippen molar-refractivity contribution in [1.82, 2.24) is 9.38 Å². The van der Waals surface area contributed by atoms with Gasteiger partial charge in [0.1, 0.15) is 9.86 Å². The molecule has 0 radical (unpaired) electrons. The lowest BCUT2D eigenvalue weighted by Crippen LogP contribution is -1.83. The van der Waals surface area contributed by atoms with Gasteiger partial charge in [-0.1, -0.05) is 16.9 Å². The van der Waals surface area contributed by atoms with Gasteiger partial charge in [0, 0.05) is 28.8 Å². The van der Waals surface area contributed by atoms with Crippen molar-refractivity contribution in [3.8, 4) is 0 Å². The zero-order valence-corrected chi connectivity index (χ0v) is 11.0. The Labute approximate surface area is 105 Å². The molecule has 2 aromatic heterocycles. The van der Waals surface area contributed by atoms with E-state index in [-0.39, 0.29) is 0 Å². The molecule has 0 bridgehead atoms. The van der Waals surface area contributed by atoms with E-state index in [1.54, 1.807) is 34.9 Å². The molecule has 0 spiro atoms. The van der Waals surface area contributed by atoms with Crippen molar-refractivity contribution in [3.63, 3.8) is 0 Å². The Morgan fingerprint density at radius 2 is 2.56 bits per heavy atom. The standard InChI is InChI=1S/C8H9N5S3/c1-14-8-11-6(15-4-2-10-12-9)7-13(8)3-5-16-7/h3,5H,2,4H2,1H3. The van der Waals surface area contributed by atoms with Crippen molar-refractivity contribution >= 4 is 39.7 Å². The number of thioether (sulfide) groups is 2. The average molecular weight is 271 g/mol. The summed E-state index contributed by atoms with van der Waals surface area (Å²) in [4.78, 5) is 8.42. The number of thiazole rings is 1. The molecule has 16 heavy (non-hydrogen) atoms. The topological polar surface area (TPSA) is 66.1 Å². The van der Waals surface area contributed by atoms with Gasteiger partial charge in [0.2, 0.25) is 0 Å². The number of azide groups is 1. The van der Waals surface area contributed by atoms with E-state index in [9.17, 15) is 0 Å². The Kier molecular flexibility index (Phi) is 4.00. The predicted octanol–water partition coefficient (Wildman–Crippen LogP) is 3.52. The fourth-order valence-electron chi connectivity index (χ4n) is 1.24. The van der Waals surface area contributed by atoms with Crippen LogP contribution in [0.2, 0.25) is 0 Å². The molecule has 0 aliphatic carbocycles. The molecule has 0 atom stereocenters. The van der Waals surface area contributed by atoms with E-state index in [0.29, 0.717) is 6.54 Å². The van der Waals surface area contributed by atoms with Crippen LogP contribution in [-0.4, -0.2) is 27.9 Å². The van der Waals surface area contributed by atoms with Gasteiger partial charge in [-0.2, -0.15) is 0 Å². The highest BCUT2D eigenvalue weighted by Crippen LogP contribution is 2.30. The molecular weight excluding hydrogens is 262 g/mol. The molecule has 0 aliphatic rings. The maximum absolute atomic E-state index is 8.17. The SMILES string of the molecule is CSc1nc(SCCN=[N+]=[N-])c2sccn12. The van der Waals surface area contributed by atoms with Crippen LogP contribution in [0.4, 0.5) is 0 Å². The highest BCUT2D eigenvalue weighted by Gasteiger charge is 2.11. The molecule has 5 nitrogen and oxygen atoms in total. The molecule has 2 heterocycles. The predicted molar refractivity (Wildman–Crippen MR) is 69.6 cm³/mol. The zero-order chi connectivity index (χ0) is 11.4. The molecular formula is C8H9N5S3. The lowest BCUT2D eigenvalue weighted by atomic mass is 10.8. The summed E-state index contributed by atoms with van der Waals surface area (Å²) in [7, 11) is 0. The van der Waals surface area contributed by atoms with Crippen LogP contribution in [0.25, 0.3) is 15.3 Å². The molecule has 0 fully saturated rings. The molecule has 0 saturated carbocycles. The lowest BCUT2D eigenvalue weighted by molar-refractivity contribution is 0.949. The molecule has 2 aromatic rings. The molecule has 0 aromatic carbocycles. The molecule has 0 N–H and O–H groups in total. The summed E-state index contributed by atoms with van der Waals surface area (Å²) in [5, 5.41) is 7.58. The number of fused-ring (bicyclic) bond motifs is 1. The summed E-state index contributed by atoms with van der Waals surface area (Å²) in [6.45, 7) is 0.500. The summed E-state index contributed by atoms with van der Waals surface area (Å²) < 4.78 is 2.09. The van der Waals surface area contributed by atoms with Crippen LogP contribution in [0.5, 0.6) is 0 Å². The van der Waals surface area contributed by atoms with Crippen LogP contribution in [0.1, 0.15) is 0 Å². The van der Waals surface area contributed by atoms with E-state index in [0.717, 1.165) is 20.8 Å². The maximum atomic E-state index is 8.17. The normalized spacial score (nSPS) is 10.6. The second kappa shape index (κ2) is 5.49. The third-order valence-corrected chi connectivity index (χ3v) is 4.47. The second-order valence-corrected chi connectivity index (χ2v) is 5.54. The fraction of sp³-hybridized carbons (Fsp3) is 0.375. The third-order valence-electron chi connectivity index (χ3n) is 1.87. The Morgan fingerprint density at radius 3 is 3.31 bits per heavy atom. The van der Waals surface area contributed by atoms with E-state index < -0.39 is 0 Å². The smallest absolute Gasteiger partial charge is 0.174 e. The number of imidazole rings is 1. The monoisotopic (exact) mass is 271 g/mol. The van der Waals surface area contributed by atoms with Gasteiger partial charge in [-0.25, -0.2) is 4.98 Å². The highest BCUT2D eigenvalue weighted by atomic mass is 32.2. The van der Waals surface area contributed by atoms with Crippen molar-refractivity contribution < 1.29 is 0 Å². The minimum absolute atomic E-state index is 0.500. The van der Waals surface area contributed by atoms with E-state index in [2.05, 4.69) is 19.4 Å². The molecule has 8 heteroatoms. The van der Waals surface area contributed by atoms with Gasteiger partial charge in [-0.15, -0.1) is 23.1 Å². The summed E-state index contributed by atoms with van der Waals surface area (Å²) >= 11 is 4.94. The number of hydrogen-bond donors (Lipinski definition) is 0. The largest absolute Gasteiger partial charge is 0.284 e. The van der Waals surface area contributed by atoms with E-state index in [1.165, 1.54) is 0 Å². The van der Waals surface area contributed by atoms with Gasteiger partial charge in [-0.05, 0) is 11.8 Å². The van der Waals surface area contributed by atoms with Crippen molar-refractivity contribution in [3.05, 3.63) is 22.0 Å². The minimum Gasteiger partial charge on any atom is -0.284 e. The van der Waals surface area contributed by atoms with Crippen LogP contribution in [0.15, 0.2) is 26.9 Å². The Bertz CT molecular complexity index is 525. The molecule has 0 saturated heterocycles. The van der Waals surface area contributed by atoms with Gasteiger partial charge >= 0.3 is 0 Å².